The summed E-state index contributed by atoms with van der Waals surface area (Å²) < 4.78 is 0. The van der Waals surface area contributed by atoms with Crippen molar-refractivity contribution in [3.63, 3.8) is 0 Å². The maximum absolute atomic E-state index is 12.5. The number of rotatable bonds is 2. The van der Waals surface area contributed by atoms with E-state index >= 15 is 0 Å². The summed E-state index contributed by atoms with van der Waals surface area (Å²) in [7, 11) is 0. The second kappa shape index (κ2) is 9.13. The van der Waals surface area contributed by atoms with Gasteiger partial charge in [0.15, 0.2) is 0 Å². The first-order valence-electron chi connectivity index (χ1n) is 15.0. The Hall–Kier alpha value is -5.24. The molecule has 0 saturated heterocycles. The molecule has 43 heavy (non-hydrogen) atoms. The molecular formula is C42H28O. The van der Waals surface area contributed by atoms with Gasteiger partial charge in [-0.2, -0.15) is 0 Å². The van der Waals surface area contributed by atoms with Crippen LogP contribution >= 0.6 is 0 Å². The third-order valence-electron chi connectivity index (χ3n) is 9.39. The van der Waals surface area contributed by atoms with E-state index in [9.17, 15) is 5.11 Å². The van der Waals surface area contributed by atoms with Crippen LogP contribution in [0.1, 0.15) is 23.1 Å². The summed E-state index contributed by atoms with van der Waals surface area (Å²) in [4.78, 5) is 0. The monoisotopic (exact) mass is 548 g/mol. The highest BCUT2D eigenvalue weighted by Crippen LogP contribution is 2.44. The van der Waals surface area contributed by atoms with Crippen LogP contribution in [0.4, 0.5) is 0 Å². The highest BCUT2D eigenvalue weighted by molar-refractivity contribution is 6.13. The standard InChI is InChI=1S/C42H28O/c43-42(37-16-17-39-36(25-37)21-30-13-6-7-15-38(30)41(39)27-9-2-1-3-10-27)18-8-14-31-22-34-23-32-19-28-11-4-5-12-29(28)20-33(32)24-35(34)26-40(31)42/h1-17,19-26,43H,18H2. The van der Waals surface area contributed by atoms with Crippen LogP contribution in [0.15, 0.2) is 146 Å². The Morgan fingerprint density at radius 3 is 1.81 bits per heavy atom. The SMILES string of the molecule is OC1(c2ccc3c(-c4ccccc4)c4ccccc4cc3c2)CC=Cc2cc3cc4cc5ccccc5cc4cc3cc21. The molecule has 9 rings (SSSR count). The van der Waals surface area contributed by atoms with Crippen molar-refractivity contribution in [1.29, 1.82) is 0 Å². The molecular weight excluding hydrogens is 520 g/mol. The molecule has 1 heteroatoms. The van der Waals surface area contributed by atoms with Gasteiger partial charge in [-0.1, -0.05) is 103 Å². The molecule has 1 unspecified atom stereocenters. The van der Waals surface area contributed by atoms with Crippen LogP contribution in [0, 0.1) is 0 Å². The van der Waals surface area contributed by atoms with Gasteiger partial charge < -0.3 is 5.11 Å². The van der Waals surface area contributed by atoms with Gasteiger partial charge in [0.25, 0.3) is 0 Å². The first-order chi connectivity index (χ1) is 21.1. The first-order valence-corrected chi connectivity index (χ1v) is 15.0. The van der Waals surface area contributed by atoms with Gasteiger partial charge >= 0.3 is 0 Å². The maximum atomic E-state index is 12.5. The summed E-state index contributed by atoms with van der Waals surface area (Å²) in [5, 5.41) is 24.6. The number of aliphatic hydroxyl groups is 1. The van der Waals surface area contributed by atoms with Crippen LogP contribution in [-0.2, 0) is 5.60 Å². The molecule has 1 aliphatic rings. The molecule has 0 bridgehead atoms. The van der Waals surface area contributed by atoms with E-state index in [0.717, 1.165) is 27.5 Å². The van der Waals surface area contributed by atoms with Crippen molar-refractivity contribution in [3.05, 3.63) is 162 Å². The van der Waals surface area contributed by atoms with Crippen molar-refractivity contribution >= 4 is 59.9 Å². The largest absolute Gasteiger partial charge is 0.380 e. The Morgan fingerprint density at radius 1 is 0.465 bits per heavy atom. The van der Waals surface area contributed by atoms with E-state index in [1.807, 2.05) is 0 Å². The van der Waals surface area contributed by atoms with Crippen molar-refractivity contribution < 1.29 is 5.11 Å². The number of hydrogen-bond donors (Lipinski definition) is 1. The third-order valence-corrected chi connectivity index (χ3v) is 9.39. The average molecular weight is 549 g/mol. The van der Waals surface area contributed by atoms with Gasteiger partial charge in [-0.3, -0.25) is 0 Å². The van der Waals surface area contributed by atoms with Crippen LogP contribution < -0.4 is 0 Å². The van der Waals surface area contributed by atoms with E-state index in [1.54, 1.807) is 0 Å². The molecule has 0 aliphatic heterocycles. The van der Waals surface area contributed by atoms with Crippen LogP contribution in [0.2, 0.25) is 0 Å². The Labute approximate surface area is 250 Å². The lowest BCUT2D eigenvalue weighted by Crippen LogP contribution is -2.29. The summed E-state index contributed by atoms with van der Waals surface area (Å²) in [5.74, 6) is 0. The normalized spacial score (nSPS) is 16.4. The Kier molecular flexibility index (Phi) is 5.17. The second-order valence-electron chi connectivity index (χ2n) is 11.9. The number of fused-ring (bicyclic) bond motifs is 6. The predicted molar refractivity (Wildman–Crippen MR) is 182 cm³/mol. The molecule has 0 spiro atoms. The second-order valence-corrected chi connectivity index (χ2v) is 11.9. The fourth-order valence-electron chi connectivity index (χ4n) is 7.24. The Balaban J connectivity index is 1.24. The van der Waals surface area contributed by atoms with Gasteiger partial charge in [0, 0.05) is 6.42 Å². The number of hydrogen-bond acceptors (Lipinski definition) is 1. The lowest BCUT2D eigenvalue weighted by Gasteiger charge is -2.33. The minimum absolute atomic E-state index is 0.536. The van der Waals surface area contributed by atoms with E-state index in [2.05, 4.69) is 152 Å². The zero-order valence-corrected chi connectivity index (χ0v) is 23.6. The molecule has 202 valence electrons. The van der Waals surface area contributed by atoms with Crippen LogP contribution in [0.5, 0.6) is 0 Å². The summed E-state index contributed by atoms with van der Waals surface area (Å²) in [6.45, 7) is 0. The van der Waals surface area contributed by atoms with E-state index in [-0.39, 0.29) is 0 Å². The maximum Gasteiger partial charge on any atom is 0.119 e. The fraction of sp³-hybridized carbons (Fsp3) is 0.0476. The van der Waals surface area contributed by atoms with E-state index < -0.39 is 5.60 Å². The van der Waals surface area contributed by atoms with Crippen LogP contribution in [0.25, 0.3) is 71.1 Å². The van der Waals surface area contributed by atoms with Crippen LogP contribution in [0.3, 0.4) is 0 Å². The molecule has 8 aromatic rings. The molecule has 0 fully saturated rings. The van der Waals surface area contributed by atoms with Gasteiger partial charge in [-0.05, 0) is 130 Å². The summed E-state index contributed by atoms with van der Waals surface area (Å²) in [5.41, 5.74) is 4.28. The molecule has 0 saturated carbocycles. The van der Waals surface area contributed by atoms with Gasteiger partial charge in [0.05, 0.1) is 0 Å². The zero-order valence-electron chi connectivity index (χ0n) is 23.6. The third kappa shape index (κ3) is 3.75. The molecule has 0 amide bonds. The quantitative estimate of drug-likeness (QED) is 0.213. The lowest BCUT2D eigenvalue weighted by atomic mass is 9.76. The molecule has 1 N–H and O–H groups in total. The minimum atomic E-state index is -1.12. The van der Waals surface area contributed by atoms with E-state index in [0.29, 0.717) is 6.42 Å². The van der Waals surface area contributed by atoms with Crippen LogP contribution in [-0.4, -0.2) is 5.11 Å². The topological polar surface area (TPSA) is 20.2 Å². The molecule has 8 aromatic carbocycles. The molecule has 1 aliphatic carbocycles. The van der Waals surface area contributed by atoms with Crippen molar-refractivity contribution in [1.82, 2.24) is 0 Å². The molecule has 0 radical (unpaired) electrons. The summed E-state index contributed by atoms with van der Waals surface area (Å²) >= 11 is 0. The van der Waals surface area contributed by atoms with Gasteiger partial charge in [-0.15, -0.1) is 0 Å². The van der Waals surface area contributed by atoms with E-state index in [1.165, 1.54) is 54.2 Å². The Morgan fingerprint density at radius 2 is 1.05 bits per heavy atom. The lowest BCUT2D eigenvalue weighted by molar-refractivity contribution is 0.0831. The van der Waals surface area contributed by atoms with Crippen molar-refractivity contribution in [3.8, 4) is 11.1 Å². The fourth-order valence-corrected chi connectivity index (χ4v) is 7.24. The predicted octanol–water partition coefficient (Wildman–Crippen LogP) is 10.8. The van der Waals surface area contributed by atoms with Crippen molar-refractivity contribution in [2.75, 3.05) is 0 Å². The van der Waals surface area contributed by atoms with Gasteiger partial charge in [0.2, 0.25) is 0 Å². The highest BCUT2D eigenvalue weighted by atomic mass is 16.3. The van der Waals surface area contributed by atoms with Crippen molar-refractivity contribution in [2.45, 2.75) is 12.0 Å². The molecule has 0 aromatic heterocycles. The molecule has 1 atom stereocenters. The van der Waals surface area contributed by atoms with E-state index in [4.69, 9.17) is 0 Å². The Bertz CT molecular complexity index is 2430. The summed E-state index contributed by atoms with van der Waals surface area (Å²) in [6, 6.07) is 50.1. The first kappa shape index (κ1) is 24.4. The van der Waals surface area contributed by atoms with Gasteiger partial charge in [-0.25, -0.2) is 0 Å². The highest BCUT2D eigenvalue weighted by Gasteiger charge is 2.35. The summed E-state index contributed by atoms with van der Waals surface area (Å²) in [6.07, 6.45) is 4.81. The smallest absolute Gasteiger partial charge is 0.119 e. The number of benzene rings is 8. The molecule has 0 heterocycles. The average Bonchev–Trinajstić information content (AvgIpc) is 3.05. The zero-order chi connectivity index (χ0) is 28.5. The minimum Gasteiger partial charge on any atom is -0.380 e. The molecule has 1 nitrogen and oxygen atoms in total. The van der Waals surface area contributed by atoms with Crippen molar-refractivity contribution in [2.24, 2.45) is 0 Å². The van der Waals surface area contributed by atoms with Gasteiger partial charge in [0.1, 0.15) is 5.60 Å².